The SMILES string of the molecule is C.C.C.C.C.CC.CC.CC.CC.O=C1CCC(=O)c2ccccc21.O=C1CCCC1.c1ccc2c(c1)CCC2.c1ccc2c(c1)CCC2. The van der Waals surface area contributed by atoms with E-state index < -0.39 is 0 Å². The van der Waals surface area contributed by atoms with E-state index in [0.717, 1.165) is 25.7 Å². The molecule has 0 spiro atoms. The second-order valence-electron chi connectivity index (χ2n) is 9.88. The van der Waals surface area contributed by atoms with E-state index in [1.807, 2.05) is 55.4 Å². The maximum atomic E-state index is 11.3. The highest BCUT2D eigenvalue weighted by Gasteiger charge is 2.22. The van der Waals surface area contributed by atoms with Crippen LogP contribution < -0.4 is 0 Å². The number of hydrogen-bond acceptors (Lipinski definition) is 3. The van der Waals surface area contributed by atoms with Crippen molar-refractivity contribution in [3.05, 3.63) is 106 Å². The molecule has 4 aliphatic carbocycles. The molecule has 1 fully saturated rings. The zero-order valence-electron chi connectivity index (χ0n) is 29.1. The van der Waals surface area contributed by atoms with Gasteiger partial charge in [-0.3, -0.25) is 14.4 Å². The fraction of sp³-hybridized carbons (Fsp3) is 0.543. The Labute approximate surface area is 306 Å². The highest BCUT2D eigenvalue weighted by molar-refractivity contribution is 6.13. The smallest absolute Gasteiger partial charge is 0.164 e. The van der Waals surface area contributed by atoms with Crippen LogP contribution in [0.3, 0.4) is 0 Å². The van der Waals surface area contributed by atoms with Crippen molar-refractivity contribution in [1.82, 2.24) is 0 Å². The summed E-state index contributed by atoms with van der Waals surface area (Å²) in [6.45, 7) is 16.0. The first kappa shape index (κ1) is 57.9. The quantitative estimate of drug-likeness (QED) is 0.237. The van der Waals surface area contributed by atoms with Crippen molar-refractivity contribution in [1.29, 1.82) is 0 Å². The van der Waals surface area contributed by atoms with Gasteiger partial charge in [-0.1, -0.05) is 165 Å². The Hall–Kier alpha value is -3.33. The number of carbonyl (C=O) groups excluding carboxylic acids is 3. The van der Waals surface area contributed by atoms with Crippen molar-refractivity contribution in [2.75, 3.05) is 0 Å². The van der Waals surface area contributed by atoms with Gasteiger partial charge in [0.05, 0.1) is 0 Å². The van der Waals surface area contributed by atoms with Crippen LogP contribution in [0.2, 0.25) is 0 Å². The van der Waals surface area contributed by atoms with Crippen LogP contribution in [-0.4, -0.2) is 17.3 Å². The Morgan fingerprint density at radius 3 is 0.796 bits per heavy atom. The van der Waals surface area contributed by atoms with Gasteiger partial charge in [-0.15, -0.1) is 0 Å². The van der Waals surface area contributed by atoms with Crippen LogP contribution in [-0.2, 0) is 30.5 Å². The molecule has 0 bridgehead atoms. The van der Waals surface area contributed by atoms with Crippen molar-refractivity contribution in [3.8, 4) is 0 Å². The highest BCUT2D eigenvalue weighted by atomic mass is 16.1. The average Bonchev–Trinajstić information content (AvgIpc) is 3.90. The zero-order valence-corrected chi connectivity index (χ0v) is 29.1. The molecule has 0 unspecified atom stereocenters. The molecule has 0 radical (unpaired) electrons. The van der Waals surface area contributed by atoms with Gasteiger partial charge in [0.15, 0.2) is 11.6 Å². The summed E-state index contributed by atoms with van der Waals surface area (Å²) in [6.07, 6.45) is 12.6. The lowest BCUT2D eigenvalue weighted by Gasteiger charge is -2.11. The van der Waals surface area contributed by atoms with Crippen LogP contribution in [0.15, 0.2) is 72.8 Å². The van der Waals surface area contributed by atoms with Crippen molar-refractivity contribution < 1.29 is 14.4 Å². The van der Waals surface area contributed by atoms with E-state index in [0.29, 0.717) is 29.8 Å². The molecule has 3 heteroatoms. The Balaban J connectivity index is -0.000000116. The van der Waals surface area contributed by atoms with Gasteiger partial charge in [0, 0.05) is 36.8 Å². The maximum absolute atomic E-state index is 11.3. The fourth-order valence-corrected chi connectivity index (χ4v) is 5.26. The van der Waals surface area contributed by atoms with Crippen LogP contribution in [0.25, 0.3) is 0 Å². The zero-order chi connectivity index (χ0) is 33.2. The minimum atomic E-state index is 0. The number of Topliss-reactive ketones (excluding diaryl/α,β-unsaturated/α-hetero) is 3. The summed E-state index contributed by atoms with van der Waals surface area (Å²) in [7, 11) is 0. The first-order valence-corrected chi connectivity index (χ1v) is 17.4. The average molecular weight is 681 g/mol. The number of fused-ring (bicyclic) bond motifs is 3. The van der Waals surface area contributed by atoms with Gasteiger partial charge in [-0.2, -0.15) is 0 Å². The lowest BCUT2D eigenvalue weighted by atomic mass is 9.90. The first-order chi connectivity index (χ1) is 21.6. The second kappa shape index (κ2) is 37.5. The molecule has 0 heterocycles. The summed E-state index contributed by atoms with van der Waals surface area (Å²) in [5.74, 6) is 0.630. The van der Waals surface area contributed by atoms with E-state index in [1.165, 1.54) is 38.5 Å². The van der Waals surface area contributed by atoms with Gasteiger partial charge in [-0.05, 0) is 73.6 Å². The summed E-state index contributed by atoms with van der Waals surface area (Å²) in [5, 5.41) is 0. The summed E-state index contributed by atoms with van der Waals surface area (Å²) in [4.78, 5) is 32.8. The molecule has 3 nitrogen and oxygen atoms in total. The minimum Gasteiger partial charge on any atom is -0.300 e. The van der Waals surface area contributed by atoms with Gasteiger partial charge in [0.25, 0.3) is 0 Å². The first-order valence-electron chi connectivity index (χ1n) is 17.4. The predicted molar refractivity (Wildman–Crippen MR) is 224 cm³/mol. The molecule has 0 aliphatic heterocycles. The topological polar surface area (TPSA) is 51.2 Å². The van der Waals surface area contributed by atoms with Gasteiger partial charge < -0.3 is 0 Å². The van der Waals surface area contributed by atoms with E-state index in [9.17, 15) is 14.4 Å². The van der Waals surface area contributed by atoms with E-state index in [1.54, 1.807) is 46.5 Å². The monoisotopic (exact) mass is 681 g/mol. The van der Waals surface area contributed by atoms with Gasteiger partial charge >= 0.3 is 0 Å². The number of rotatable bonds is 0. The number of benzene rings is 3. The third-order valence-corrected chi connectivity index (χ3v) is 7.29. The highest BCUT2D eigenvalue weighted by Crippen LogP contribution is 2.22. The molecule has 1 saturated carbocycles. The van der Waals surface area contributed by atoms with Gasteiger partial charge in [-0.25, -0.2) is 0 Å². The molecule has 0 N–H and O–H groups in total. The molecule has 3 aromatic rings. The molecule has 0 aromatic heterocycles. The van der Waals surface area contributed by atoms with Crippen LogP contribution in [0.1, 0.15) is 187 Å². The van der Waals surface area contributed by atoms with Gasteiger partial charge in [0.2, 0.25) is 0 Å². The summed E-state index contributed by atoms with van der Waals surface area (Å²) in [5.41, 5.74) is 7.45. The second-order valence-corrected chi connectivity index (χ2v) is 9.88. The molecule has 0 atom stereocenters. The molecular weight excluding hydrogens is 601 g/mol. The lowest BCUT2D eigenvalue weighted by molar-refractivity contribution is -0.117. The Morgan fingerprint density at radius 2 is 0.571 bits per heavy atom. The van der Waals surface area contributed by atoms with E-state index >= 15 is 0 Å². The minimum absolute atomic E-state index is 0. The summed E-state index contributed by atoms with van der Waals surface area (Å²) in [6, 6.07) is 24.5. The third kappa shape index (κ3) is 21.4. The Morgan fingerprint density at radius 1 is 0.327 bits per heavy atom. The molecule has 0 saturated heterocycles. The molecule has 4 aliphatic rings. The van der Waals surface area contributed by atoms with Crippen molar-refractivity contribution in [2.45, 2.75) is 170 Å². The van der Waals surface area contributed by atoms with Crippen molar-refractivity contribution >= 4 is 17.3 Å². The number of carbonyl (C=O) groups is 3. The molecule has 282 valence electrons. The number of ketones is 3. The largest absolute Gasteiger partial charge is 0.300 e. The summed E-state index contributed by atoms with van der Waals surface area (Å²) >= 11 is 0. The van der Waals surface area contributed by atoms with E-state index in [-0.39, 0.29) is 48.7 Å². The predicted octanol–water partition coefficient (Wildman–Crippen LogP) is 14.6. The molecule has 3 aromatic carbocycles. The molecule has 0 amide bonds. The normalized spacial score (nSPS) is 12.9. The van der Waals surface area contributed by atoms with Crippen molar-refractivity contribution in [2.24, 2.45) is 0 Å². The van der Waals surface area contributed by atoms with Crippen LogP contribution in [0.4, 0.5) is 0 Å². The fourth-order valence-electron chi connectivity index (χ4n) is 5.26. The standard InChI is InChI=1S/C10H8O2.2C9H10.C5H8O.4C2H6.5CH4/c11-9-5-6-10(12)8-4-2-1-3-7(8)9;2*1-2-5-9-7-3-6-8(9)4-1;6-5-3-1-2-4-5;4*1-2;;;;;/h1-4H,5-6H2;2*1-2,4-5H,3,6-7H2;1-4H2;4*1-2H3;5*1H4. The lowest BCUT2D eigenvalue weighted by Crippen LogP contribution is -2.16. The van der Waals surface area contributed by atoms with E-state index in [4.69, 9.17) is 0 Å². The Bertz CT molecular complexity index is 1070. The molecule has 49 heavy (non-hydrogen) atoms. The van der Waals surface area contributed by atoms with Gasteiger partial charge in [0.1, 0.15) is 5.78 Å². The number of aryl methyl sites for hydroxylation is 4. The third-order valence-electron chi connectivity index (χ3n) is 7.29. The maximum Gasteiger partial charge on any atom is 0.164 e. The van der Waals surface area contributed by atoms with Crippen LogP contribution in [0, 0.1) is 0 Å². The Kier molecular flexibility index (Phi) is 44.3. The van der Waals surface area contributed by atoms with Crippen molar-refractivity contribution in [3.63, 3.8) is 0 Å². The molecule has 7 rings (SSSR count). The van der Waals surface area contributed by atoms with Crippen LogP contribution >= 0.6 is 0 Å². The van der Waals surface area contributed by atoms with E-state index in [2.05, 4.69) is 48.5 Å². The molecular formula is C46H80O3. The summed E-state index contributed by atoms with van der Waals surface area (Å²) < 4.78 is 0. The van der Waals surface area contributed by atoms with Crippen LogP contribution in [0.5, 0.6) is 0 Å². The number of hydrogen-bond donors (Lipinski definition) is 0.